The molecule has 0 aromatic rings. The van der Waals surface area contributed by atoms with Gasteiger partial charge in [-0.2, -0.15) is 0 Å². The Morgan fingerprint density at radius 1 is 1.41 bits per heavy atom. The van der Waals surface area contributed by atoms with Gasteiger partial charge in [0, 0.05) is 26.7 Å². The Kier molecular flexibility index (Phi) is 7.05. The van der Waals surface area contributed by atoms with Crippen LogP contribution in [0.15, 0.2) is 0 Å². The molecule has 1 fully saturated rings. The van der Waals surface area contributed by atoms with Crippen LogP contribution in [0.2, 0.25) is 0 Å². The minimum Gasteiger partial charge on any atom is -0.370 e. The zero-order valence-corrected chi connectivity index (χ0v) is 11.9. The highest BCUT2D eigenvalue weighted by molar-refractivity contribution is 5.85. The molecule has 5 heteroatoms. The van der Waals surface area contributed by atoms with Gasteiger partial charge in [-0.25, -0.2) is 0 Å². The van der Waals surface area contributed by atoms with E-state index in [9.17, 15) is 4.79 Å². The van der Waals surface area contributed by atoms with E-state index in [1.54, 1.807) is 0 Å². The van der Waals surface area contributed by atoms with E-state index >= 15 is 0 Å². The molecule has 102 valence electrons. The Bertz CT molecular complexity index is 243. The number of nitrogens with zero attached hydrogens (tertiary/aromatic N) is 1. The monoisotopic (exact) mass is 264 g/mol. The molecule has 1 saturated heterocycles. The van der Waals surface area contributed by atoms with E-state index in [4.69, 9.17) is 10.5 Å². The van der Waals surface area contributed by atoms with Gasteiger partial charge in [0.1, 0.15) is 6.10 Å². The maximum absolute atomic E-state index is 12.0. The average Bonchev–Trinajstić information content (AvgIpc) is 2.41. The minimum atomic E-state index is -0.471. The number of rotatable bonds is 3. The van der Waals surface area contributed by atoms with Crippen LogP contribution in [-0.4, -0.2) is 43.7 Å². The maximum atomic E-state index is 12.0. The third-order valence-corrected chi connectivity index (χ3v) is 3.43. The fourth-order valence-electron chi connectivity index (χ4n) is 2.14. The van der Waals surface area contributed by atoms with Gasteiger partial charge in [-0.1, -0.05) is 13.8 Å². The van der Waals surface area contributed by atoms with Crippen molar-refractivity contribution in [3.05, 3.63) is 0 Å². The summed E-state index contributed by atoms with van der Waals surface area (Å²) < 4.78 is 5.09. The van der Waals surface area contributed by atoms with Crippen molar-refractivity contribution in [3.63, 3.8) is 0 Å². The minimum absolute atomic E-state index is 0. The Morgan fingerprint density at radius 2 is 2.06 bits per heavy atom. The second kappa shape index (κ2) is 7.19. The Hall–Kier alpha value is -0.320. The van der Waals surface area contributed by atoms with Crippen molar-refractivity contribution >= 4 is 18.3 Å². The average molecular weight is 265 g/mol. The van der Waals surface area contributed by atoms with Crippen LogP contribution in [0.5, 0.6) is 0 Å². The van der Waals surface area contributed by atoms with Gasteiger partial charge in [0.15, 0.2) is 0 Å². The van der Waals surface area contributed by atoms with Crippen LogP contribution in [0.4, 0.5) is 0 Å². The molecular weight excluding hydrogens is 240 g/mol. The van der Waals surface area contributed by atoms with E-state index in [1.165, 1.54) is 13.5 Å². The molecule has 1 amide bonds. The van der Waals surface area contributed by atoms with Gasteiger partial charge in [-0.05, 0) is 24.7 Å². The second-order valence-electron chi connectivity index (χ2n) is 5.30. The molecule has 0 spiro atoms. The lowest BCUT2D eigenvalue weighted by Gasteiger charge is -2.26. The van der Waals surface area contributed by atoms with Crippen LogP contribution in [0.25, 0.3) is 0 Å². The number of hydrogen-bond donors (Lipinski definition) is 1. The molecule has 1 rings (SSSR count). The first-order valence-corrected chi connectivity index (χ1v) is 6.02. The van der Waals surface area contributed by atoms with E-state index in [2.05, 4.69) is 13.8 Å². The van der Waals surface area contributed by atoms with E-state index in [1.807, 2.05) is 4.90 Å². The highest BCUT2D eigenvalue weighted by Crippen LogP contribution is 2.29. The lowest BCUT2D eigenvalue weighted by Crippen LogP contribution is -2.44. The molecule has 1 atom stereocenters. The molecule has 0 aliphatic carbocycles. The molecular formula is C12H25ClN2O2. The van der Waals surface area contributed by atoms with Crippen molar-refractivity contribution in [1.29, 1.82) is 0 Å². The lowest BCUT2D eigenvalue weighted by molar-refractivity contribution is -0.141. The Balaban J connectivity index is 0.00000256. The normalized spacial score (nSPS) is 21.3. The number of hydrogen-bond acceptors (Lipinski definition) is 3. The molecule has 17 heavy (non-hydrogen) atoms. The predicted molar refractivity (Wildman–Crippen MR) is 71.3 cm³/mol. The predicted octanol–water partition coefficient (Wildman–Crippen LogP) is 1.42. The summed E-state index contributed by atoms with van der Waals surface area (Å²) in [6, 6.07) is 0. The molecule has 0 radical (unpaired) electrons. The summed E-state index contributed by atoms with van der Waals surface area (Å²) in [5.74, 6) is 0.0442. The van der Waals surface area contributed by atoms with Gasteiger partial charge in [-0.15, -0.1) is 12.4 Å². The molecule has 1 heterocycles. The van der Waals surface area contributed by atoms with Crippen LogP contribution in [0, 0.1) is 5.41 Å². The molecule has 0 aromatic heterocycles. The topological polar surface area (TPSA) is 55.6 Å². The van der Waals surface area contributed by atoms with Gasteiger partial charge in [0.25, 0.3) is 5.91 Å². The standard InChI is InChI=1S/C12H24N2O2.ClH/c1-12(2)5-4-7-14(8-6-12)11(15)10(9-13)16-3;/h10H,4-9,13H2,1-3H3;1H. The first kappa shape index (κ1) is 16.7. The summed E-state index contributed by atoms with van der Waals surface area (Å²) in [5, 5.41) is 0. The maximum Gasteiger partial charge on any atom is 0.253 e. The highest BCUT2D eigenvalue weighted by atomic mass is 35.5. The molecule has 4 nitrogen and oxygen atoms in total. The molecule has 1 unspecified atom stereocenters. The number of amides is 1. The zero-order chi connectivity index (χ0) is 12.2. The molecule has 0 bridgehead atoms. The number of likely N-dealkylation sites (tertiary alicyclic amines) is 1. The first-order chi connectivity index (χ1) is 7.50. The van der Waals surface area contributed by atoms with E-state index in [0.717, 1.165) is 25.9 Å². The van der Waals surface area contributed by atoms with E-state index < -0.39 is 6.10 Å². The van der Waals surface area contributed by atoms with E-state index in [-0.39, 0.29) is 24.9 Å². The van der Waals surface area contributed by atoms with Crippen LogP contribution < -0.4 is 5.73 Å². The fraction of sp³-hybridized carbons (Fsp3) is 0.917. The fourth-order valence-corrected chi connectivity index (χ4v) is 2.14. The Labute approximate surface area is 110 Å². The van der Waals surface area contributed by atoms with Gasteiger partial charge >= 0.3 is 0 Å². The van der Waals surface area contributed by atoms with Crippen LogP contribution >= 0.6 is 12.4 Å². The summed E-state index contributed by atoms with van der Waals surface area (Å²) in [6.45, 7) is 6.44. The largest absolute Gasteiger partial charge is 0.370 e. The zero-order valence-electron chi connectivity index (χ0n) is 11.1. The molecule has 1 aliphatic heterocycles. The lowest BCUT2D eigenvalue weighted by atomic mass is 9.85. The highest BCUT2D eigenvalue weighted by Gasteiger charge is 2.28. The van der Waals surface area contributed by atoms with Crippen molar-refractivity contribution in [1.82, 2.24) is 4.90 Å². The third kappa shape index (κ3) is 4.82. The summed E-state index contributed by atoms with van der Waals surface area (Å²) in [4.78, 5) is 13.9. The summed E-state index contributed by atoms with van der Waals surface area (Å²) in [6.07, 6.45) is 2.83. The Morgan fingerprint density at radius 3 is 2.59 bits per heavy atom. The summed E-state index contributed by atoms with van der Waals surface area (Å²) in [5.41, 5.74) is 5.86. The number of methoxy groups -OCH3 is 1. The number of carbonyl (C=O) groups is 1. The van der Waals surface area contributed by atoms with Crippen molar-refractivity contribution in [2.45, 2.75) is 39.2 Å². The summed E-state index contributed by atoms with van der Waals surface area (Å²) in [7, 11) is 1.54. The van der Waals surface area contributed by atoms with Crippen molar-refractivity contribution in [3.8, 4) is 0 Å². The SMILES string of the molecule is COC(CN)C(=O)N1CCCC(C)(C)CC1.Cl. The van der Waals surface area contributed by atoms with Crippen LogP contribution in [0.3, 0.4) is 0 Å². The quantitative estimate of drug-likeness (QED) is 0.839. The first-order valence-electron chi connectivity index (χ1n) is 6.02. The van der Waals surface area contributed by atoms with Crippen LogP contribution in [0.1, 0.15) is 33.1 Å². The molecule has 0 saturated carbocycles. The van der Waals surface area contributed by atoms with Crippen molar-refractivity contribution in [2.24, 2.45) is 11.1 Å². The molecule has 1 aliphatic rings. The number of halogens is 1. The number of carbonyl (C=O) groups excluding carboxylic acids is 1. The molecule has 0 aromatic carbocycles. The van der Waals surface area contributed by atoms with Gasteiger partial charge in [0.2, 0.25) is 0 Å². The molecule has 2 N–H and O–H groups in total. The number of nitrogens with two attached hydrogens (primary N) is 1. The van der Waals surface area contributed by atoms with Gasteiger partial charge in [0.05, 0.1) is 0 Å². The smallest absolute Gasteiger partial charge is 0.253 e. The third-order valence-electron chi connectivity index (χ3n) is 3.43. The number of ether oxygens (including phenoxy) is 1. The van der Waals surface area contributed by atoms with Crippen molar-refractivity contribution in [2.75, 3.05) is 26.7 Å². The van der Waals surface area contributed by atoms with Gasteiger partial charge < -0.3 is 15.4 Å². The second-order valence-corrected chi connectivity index (χ2v) is 5.30. The van der Waals surface area contributed by atoms with Crippen molar-refractivity contribution < 1.29 is 9.53 Å². The summed E-state index contributed by atoms with van der Waals surface area (Å²) >= 11 is 0. The van der Waals surface area contributed by atoms with Gasteiger partial charge in [-0.3, -0.25) is 4.79 Å². The van der Waals surface area contributed by atoms with Crippen LogP contribution in [-0.2, 0) is 9.53 Å². The van der Waals surface area contributed by atoms with E-state index in [0.29, 0.717) is 5.41 Å².